The third-order valence-electron chi connectivity index (χ3n) is 2.60. The van der Waals surface area contributed by atoms with Gasteiger partial charge in [0.15, 0.2) is 0 Å². The Bertz CT molecular complexity index is 706. The normalized spacial score (nSPS) is 10.0. The van der Waals surface area contributed by atoms with Crippen molar-refractivity contribution < 1.29 is 19.1 Å². The number of hydrogen-bond donors (Lipinski definition) is 3. The van der Waals surface area contributed by atoms with Crippen LogP contribution in [-0.2, 0) is 0 Å². The summed E-state index contributed by atoms with van der Waals surface area (Å²) in [5, 5.41) is 13.4. The summed E-state index contributed by atoms with van der Waals surface area (Å²) in [4.78, 5) is 22.7. The van der Waals surface area contributed by atoms with Gasteiger partial charge in [0.05, 0.1) is 15.8 Å². The highest BCUT2D eigenvalue weighted by atomic mass is 79.9. The molecule has 2 aromatic rings. The molecule has 2 rings (SSSR count). The quantitative estimate of drug-likeness (QED) is 0.782. The van der Waals surface area contributed by atoms with Crippen molar-refractivity contribution in [3.63, 3.8) is 0 Å². The fraction of sp³-hybridized carbons (Fsp3) is 0. The molecular formula is C14H10BrFN2O3. The van der Waals surface area contributed by atoms with E-state index in [0.717, 1.165) is 6.07 Å². The summed E-state index contributed by atoms with van der Waals surface area (Å²) in [7, 11) is 0. The maximum Gasteiger partial charge on any atom is 0.409 e. The first-order chi connectivity index (χ1) is 9.97. The lowest BCUT2D eigenvalue weighted by Gasteiger charge is -2.10. The molecule has 0 aliphatic heterocycles. The predicted molar refractivity (Wildman–Crippen MR) is 80.1 cm³/mol. The molecule has 0 atom stereocenters. The summed E-state index contributed by atoms with van der Waals surface area (Å²) < 4.78 is 13.7. The van der Waals surface area contributed by atoms with E-state index in [4.69, 9.17) is 5.11 Å². The molecule has 0 fully saturated rings. The number of nitrogens with one attached hydrogen (secondary N) is 2. The van der Waals surface area contributed by atoms with Crippen LogP contribution in [-0.4, -0.2) is 17.1 Å². The molecule has 108 valence electrons. The fourth-order valence-electron chi connectivity index (χ4n) is 1.65. The van der Waals surface area contributed by atoms with Crippen molar-refractivity contribution >= 4 is 39.3 Å². The summed E-state index contributed by atoms with van der Waals surface area (Å²) in [6.07, 6.45) is -1.24. The molecule has 21 heavy (non-hydrogen) atoms. The van der Waals surface area contributed by atoms with Crippen molar-refractivity contribution in [3.8, 4) is 0 Å². The minimum absolute atomic E-state index is 0.126. The topological polar surface area (TPSA) is 78.4 Å². The van der Waals surface area contributed by atoms with E-state index in [2.05, 4.69) is 26.6 Å². The zero-order chi connectivity index (χ0) is 15.4. The van der Waals surface area contributed by atoms with Crippen LogP contribution in [0.15, 0.2) is 46.9 Å². The number of amides is 2. The summed E-state index contributed by atoms with van der Waals surface area (Å²) in [6, 6.07) is 10.3. The molecule has 0 aliphatic rings. The molecule has 0 saturated heterocycles. The van der Waals surface area contributed by atoms with E-state index < -0.39 is 17.8 Å². The van der Waals surface area contributed by atoms with Crippen LogP contribution < -0.4 is 10.6 Å². The molecule has 0 unspecified atom stereocenters. The molecule has 0 saturated carbocycles. The molecule has 0 heterocycles. The van der Waals surface area contributed by atoms with Gasteiger partial charge in [0.1, 0.15) is 5.82 Å². The second kappa shape index (κ2) is 6.36. The van der Waals surface area contributed by atoms with Gasteiger partial charge in [0, 0.05) is 5.56 Å². The number of halogens is 2. The number of anilines is 2. The maximum absolute atomic E-state index is 13.4. The molecule has 2 amide bonds. The Morgan fingerprint density at radius 2 is 1.67 bits per heavy atom. The van der Waals surface area contributed by atoms with E-state index in [1.807, 2.05) is 0 Å². The lowest BCUT2D eigenvalue weighted by Crippen LogP contribution is -2.15. The SMILES string of the molecule is O=C(O)Nc1ccccc1NC(=O)c1ccc(Br)c(F)c1. The lowest BCUT2D eigenvalue weighted by atomic mass is 10.2. The second-order valence-electron chi connectivity index (χ2n) is 4.06. The first-order valence-corrected chi connectivity index (χ1v) is 6.62. The van der Waals surface area contributed by atoms with Gasteiger partial charge >= 0.3 is 6.09 Å². The van der Waals surface area contributed by atoms with Crippen LogP contribution in [0.5, 0.6) is 0 Å². The van der Waals surface area contributed by atoms with Gasteiger partial charge < -0.3 is 10.4 Å². The molecule has 5 nitrogen and oxygen atoms in total. The van der Waals surface area contributed by atoms with Crippen LogP contribution in [0.25, 0.3) is 0 Å². The summed E-state index contributed by atoms with van der Waals surface area (Å²) in [6.45, 7) is 0. The number of carbonyl (C=O) groups is 2. The molecule has 0 spiro atoms. The Hall–Kier alpha value is -2.41. The minimum atomic E-state index is -1.24. The number of carbonyl (C=O) groups excluding carboxylic acids is 1. The van der Waals surface area contributed by atoms with E-state index in [-0.39, 0.29) is 21.4 Å². The first-order valence-electron chi connectivity index (χ1n) is 5.83. The first kappa shape index (κ1) is 15.0. The van der Waals surface area contributed by atoms with Gasteiger partial charge in [-0.25, -0.2) is 9.18 Å². The molecular weight excluding hydrogens is 343 g/mol. The molecule has 3 N–H and O–H groups in total. The van der Waals surface area contributed by atoms with Crippen molar-refractivity contribution in [2.45, 2.75) is 0 Å². The third-order valence-corrected chi connectivity index (χ3v) is 3.24. The Labute approximate surface area is 127 Å². The van der Waals surface area contributed by atoms with Gasteiger partial charge in [-0.15, -0.1) is 0 Å². The van der Waals surface area contributed by atoms with E-state index in [1.54, 1.807) is 18.2 Å². The minimum Gasteiger partial charge on any atom is -0.465 e. The Morgan fingerprint density at radius 1 is 1.05 bits per heavy atom. The Kier molecular flexibility index (Phi) is 4.54. The fourth-order valence-corrected chi connectivity index (χ4v) is 1.89. The van der Waals surface area contributed by atoms with E-state index in [1.165, 1.54) is 18.2 Å². The van der Waals surface area contributed by atoms with Gasteiger partial charge in [-0.3, -0.25) is 10.1 Å². The number of benzene rings is 2. The van der Waals surface area contributed by atoms with Gasteiger partial charge in [0.2, 0.25) is 0 Å². The molecule has 7 heteroatoms. The average molecular weight is 353 g/mol. The number of rotatable bonds is 3. The zero-order valence-electron chi connectivity index (χ0n) is 10.6. The van der Waals surface area contributed by atoms with Gasteiger partial charge in [-0.1, -0.05) is 12.1 Å². The maximum atomic E-state index is 13.4. The van der Waals surface area contributed by atoms with E-state index >= 15 is 0 Å². The van der Waals surface area contributed by atoms with Crippen LogP contribution in [0.2, 0.25) is 0 Å². The summed E-state index contributed by atoms with van der Waals surface area (Å²) in [5.41, 5.74) is 0.644. The van der Waals surface area contributed by atoms with Gasteiger partial charge in [-0.2, -0.15) is 0 Å². The van der Waals surface area contributed by atoms with Crippen LogP contribution >= 0.6 is 15.9 Å². The van der Waals surface area contributed by atoms with Crippen LogP contribution in [0, 0.1) is 5.82 Å². The van der Waals surface area contributed by atoms with Crippen molar-refractivity contribution in [1.29, 1.82) is 0 Å². The van der Waals surface area contributed by atoms with Crippen LogP contribution in [0.1, 0.15) is 10.4 Å². The second-order valence-corrected chi connectivity index (χ2v) is 4.91. The Balaban J connectivity index is 2.23. The third kappa shape index (κ3) is 3.79. The zero-order valence-corrected chi connectivity index (χ0v) is 12.1. The predicted octanol–water partition coefficient (Wildman–Crippen LogP) is 3.93. The monoisotopic (exact) mass is 352 g/mol. The smallest absolute Gasteiger partial charge is 0.409 e. The number of para-hydroxylation sites is 2. The van der Waals surface area contributed by atoms with Crippen molar-refractivity contribution in [2.24, 2.45) is 0 Å². The number of hydrogen-bond acceptors (Lipinski definition) is 2. The highest BCUT2D eigenvalue weighted by Gasteiger charge is 2.12. The van der Waals surface area contributed by atoms with Gasteiger partial charge in [-0.05, 0) is 46.3 Å². The van der Waals surface area contributed by atoms with Gasteiger partial charge in [0.25, 0.3) is 5.91 Å². The van der Waals surface area contributed by atoms with Crippen LogP contribution in [0.4, 0.5) is 20.6 Å². The molecule has 0 aliphatic carbocycles. The van der Waals surface area contributed by atoms with Crippen molar-refractivity contribution in [3.05, 3.63) is 58.3 Å². The summed E-state index contributed by atoms with van der Waals surface area (Å²) >= 11 is 3.00. The lowest BCUT2D eigenvalue weighted by molar-refractivity contribution is 0.102. The van der Waals surface area contributed by atoms with E-state index in [0.29, 0.717) is 0 Å². The van der Waals surface area contributed by atoms with E-state index in [9.17, 15) is 14.0 Å². The molecule has 0 radical (unpaired) electrons. The number of carboxylic acid groups (broad SMARTS) is 1. The standard InChI is InChI=1S/C14H10BrFN2O3/c15-9-6-5-8(7-10(9)16)13(19)17-11-3-1-2-4-12(11)18-14(20)21/h1-7,18H,(H,17,19)(H,20,21). The highest BCUT2D eigenvalue weighted by molar-refractivity contribution is 9.10. The largest absolute Gasteiger partial charge is 0.465 e. The summed E-state index contributed by atoms with van der Waals surface area (Å²) in [5.74, 6) is -1.10. The highest BCUT2D eigenvalue weighted by Crippen LogP contribution is 2.22. The molecule has 0 bridgehead atoms. The molecule has 0 aromatic heterocycles. The Morgan fingerprint density at radius 3 is 2.24 bits per heavy atom. The van der Waals surface area contributed by atoms with Crippen LogP contribution in [0.3, 0.4) is 0 Å². The molecule has 2 aromatic carbocycles. The van der Waals surface area contributed by atoms with Crippen molar-refractivity contribution in [1.82, 2.24) is 0 Å². The average Bonchev–Trinajstić information content (AvgIpc) is 2.43. The van der Waals surface area contributed by atoms with Crippen molar-refractivity contribution in [2.75, 3.05) is 10.6 Å².